The van der Waals surface area contributed by atoms with E-state index in [0.717, 1.165) is 24.8 Å². The van der Waals surface area contributed by atoms with Crippen molar-refractivity contribution in [3.63, 3.8) is 0 Å². The fraction of sp³-hybridized carbons (Fsp3) is 0.500. The molecule has 0 aliphatic rings. The quantitative estimate of drug-likeness (QED) is 0.299. The lowest BCUT2D eigenvalue weighted by Gasteiger charge is -2.02. The van der Waals surface area contributed by atoms with Crippen molar-refractivity contribution in [3.8, 4) is 0 Å². The highest BCUT2D eigenvalue weighted by atomic mass is 14.0. The molecule has 0 aromatic carbocycles. The van der Waals surface area contributed by atoms with Crippen LogP contribution in [0.4, 0.5) is 0 Å². The molecule has 0 atom stereocenters. The third kappa shape index (κ3) is 11.8. The van der Waals surface area contributed by atoms with Gasteiger partial charge in [-0.25, -0.2) is 0 Å². The molecule has 0 rings (SSSR count). The fourth-order valence-corrected chi connectivity index (χ4v) is 1.94. The van der Waals surface area contributed by atoms with Gasteiger partial charge < -0.3 is 0 Å². The van der Waals surface area contributed by atoms with Crippen LogP contribution in [0, 0.1) is 0 Å². The largest absolute Gasteiger partial charge is 0.0988 e. The summed E-state index contributed by atoms with van der Waals surface area (Å²) < 4.78 is 0. The molecule has 0 nitrogen and oxygen atoms in total. The van der Waals surface area contributed by atoms with E-state index in [0.29, 0.717) is 0 Å². The first kappa shape index (κ1) is 18.7. The van der Waals surface area contributed by atoms with E-state index in [1.165, 1.54) is 36.0 Å². The van der Waals surface area contributed by atoms with Gasteiger partial charge in [-0.15, -0.1) is 0 Å². The zero-order chi connectivity index (χ0) is 15.4. The van der Waals surface area contributed by atoms with Crippen molar-refractivity contribution in [1.82, 2.24) is 0 Å². The third-order valence-electron chi connectivity index (χ3n) is 3.37. The summed E-state index contributed by atoms with van der Waals surface area (Å²) in [6, 6.07) is 0. The number of hydrogen-bond acceptors (Lipinski definition) is 0. The summed E-state index contributed by atoms with van der Waals surface area (Å²) in [7, 11) is 0. The average Bonchev–Trinajstić information content (AvgIpc) is 2.38. The number of rotatable bonds is 10. The second-order valence-corrected chi connectivity index (χ2v) is 5.86. The normalized spacial score (nSPS) is 12.2. The minimum atomic E-state index is 1.03. The van der Waals surface area contributed by atoms with Gasteiger partial charge in [0.15, 0.2) is 0 Å². The van der Waals surface area contributed by atoms with Crippen LogP contribution in [0.2, 0.25) is 0 Å². The number of allylic oxidation sites excluding steroid dienone is 8. The summed E-state index contributed by atoms with van der Waals surface area (Å²) in [6.07, 6.45) is 15.7. The highest BCUT2D eigenvalue weighted by Crippen LogP contribution is 2.13. The summed E-state index contributed by atoms with van der Waals surface area (Å²) in [5, 5.41) is 0. The van der Waals surface area contributed by atoms with Gasteiger partial charge in [0.05, 0.1) is 0 Å². The Bertz CT molecular complexity index is 384. The van der Waals surface area contributed by atoms with Gasteiger partial charge >= 0.3 is 0 Å². The van der Waals surface area contributed by atoms with Gasteiger partial charge in [-0.3, -0.25) is 0 Å². The fourth-order valence-electron chi connectivity index (χ4n) is 1.94. The topological polar surface area (TPSA) is 0 Å². The summed E-state index contributed by atoms with van der Waals surface area (Å²) in [5.41, 5.74) is 5.53. The van der Waals surface area contributed by atoms with E-state index in [1.807, 2.05) is 6.08 Å². The van der Waals surface area contributed by atoms with Crippen molar-refractivity contribution in [2.45, 2.75) is 66.2 Å². The van der Waals surface area contributed by atoms with Crippen LogP contribution in [-0.4, -0.2) is 0 Å². The first-order valence-corrected chi connectivity index (χ1v) is 7.70. The maximum absolute atomic E-state index is 3.93. The minimum absolute atomic E-state index is 1.03. The molecule has 0 aromatic rings. The molecule has 0 aliphatic heterocycles. The Labute approximate surface area is 126 Å². The zero-order valence-corrected chi connectivity index (χ0v) is 14.0. The zero-order valence-electron chi connectivity index (χ0n) is 14.0. The van der Waals surface area contributed by atoms with E-state index in [-0.39, 0.29) is 0 Å². The van der Waals surface area contributed by atoms with E-state index in [2.05, 4.69) is 59.1 Å². The molecule has 0 amide bonds. The maximum atomic E-state index is 3.93. The molecular formula is C20H32. The molecular weight excluding hydrogens is 240 g/mol. The summed E-state index contributed by atoms with van der Waals surface area (Å²) in [5.74, 6) is 0. The third-order valence-corrected chi connectivity index (χ3v) is 3.37. The van der Waals surface area contributed by atoms with E-state index >= 15 is 0 Å². The molecule has 0 saturated carbocycles. The molecule has 0 bridgehead atoms. The van der Waals surface area contributed by atoms with Crippen LogP contribution in [0.15, 0.2) is 59.8 Å². The molecule has 0 heteroatoms. The van der Waals surface area contributed by atoms with Gasteiger partial charge in [-0.2, -0.15) is 0 Å². The van der Waals surface area contributed by atoms with Gasteiger partial charge in [0.1, 0.15) is 0 Å². The van der Waals surface area contributed by atoms with Crippen molar-refractivity contribution < 1.29 is 0 Å². The van der Waals surface area contributed by atoms with Crippen LogP contribution in [0.5, 0.6) is 0 Å². The van der Waals surface area contributed by atoms with Gasteiger partial charge in [-0.1, -0.05) is 59.8 Å². The second kappa shape index (κ2) is 11.5. The van der Waals surface area contributed by atoms with Gasteiger partial charge in [-0.05, 0) is 66.2 Å². The molecule has 0 aromatic heterocycles. The predicted molar refractivity (Wildman–Crippen MR) is 94.0 cm³/mol. The van der Waals surface area contributed by atoms with Crippen molar-refractivity contribution in [2.75, 3.05) is 0 Å². The molecule has 0 spiro atoms. The van der Waals surface area contributed by atoms with Crippen molar-refractivity contribution in [3.05, 3.63) is 59.8 Å². The Balaban J connectivity index is 3.90. The molecule has 0 radical (unpaired) electrons. The average molecular weight is 272 g/mol. The minimum Gasteiger partial charge on any atom is -0.0988 e. The number of hydrogen-bond donors (Lipinski definition) is 0. The standard InChI is InChI=1S/C20H32/c1-7-18(4)12-9-14-20(6)16-10-15-19(5)13-8-11-17(2)3/h7,11,14-15H,1,4,8-10,12-13,16H2,2-3,5-6H3/b19-15-,20-14?. The Morgan fingerprint density at radius 1 is 0.750 bits per heavy atom. The van der Waals surface area contributed by atoms with Gasteiger partial charge in [0, 0.05) is 0 Å². The smallest absolute Gasteiger partial charge is 0.0250 e. The van der Waals surface area contributed by atoms with Crippen molar-refractivity contribution in [2.24, 2.45) is 0 Å². The lowest BCUT2D eigenvalue weighted by atomic mass is 10.0. The van der Waals surface area contributed by atoms with E-state index in [4.69, 9.17) is 0 Å². The lowest BCUT2D eigenvalue weighted by molar-refractivity contribution is 0.904. The molecule has 20 heavy (non-hydrogen) atoms. The summed E-state index contributed by atoms with van der Waals surface area (Å²) in [4.78, 5) is 0. The highest BCUT2D eigenvalue weighted by Gasteiger charge is 1.92. The first-order chi connectivity index (χ1) is 9.45. The van der Waals surface area contributed by atoms with Crippen LogP contribution in [-0.2, 0) is 0 Å². The van der Waals surface area contributed by atoms with Crippen LogP contribution in [0.25, 0.3) is 0 Å². The van der Waals surface area contributed by atoms with E-state index in [1.54, 1.807) is 0 Å². The van der Waals surface area contributed by atoms with Crippen LogP contribution < -0.4 is 0 Å². The molecule has 0 fully saturated rings. The summed E-state index contributed by atoms with van der Waals surface area (Å²) >= 11 is 0. The monoisotopic (exact) mass is 272 g/mol. The molecule has 112 valence electrons. The maximum Gasteiger partial charge on any atom is -0.0250 e. The predicted octanol–water partition coefficient (Wildman–Crippen LogP) is 6.93. The molecule has 0 heterocycles. The molecule has 0 N–H and O–H groups in total. The Hall–Kier alpha value is -1.30. The molecule has 0 unspecified atom stereocenters. The SMILES string of the molecule is C=CC(=C)CCC=C(C)CC/C=C(/C)CCC=C(C)C. The first-order valence-electron chi connectivity index (χ1n) is 7.70. The Morgan fingerprint density at radius 3 is 1.65 bits per heavy atom. The van der Waals surface area contributed by atoms with Crippen LogP contribution in [0.3, 0.4) is 0 Å². The summed E-state index contributed by atoms with van der Waals surface area (Å²) in [6.45, 7) is 16.5. The molecule has 0 aliphatic carbocycles. The van der Waals surface area contributed by atoms with Gasteiger partial charge in [0.2, 0.25) is 0 Å². The van der Waals surface area contributed by atoms with Crippen molar-refractivity contribution >= 4 is 0 Å². The van der Waals surface area contributed by atoms with Gasteiger partial charge in [0.25, 0.3) is 0 Å². The van der Waals surface area contributed by atoms with E-state index < -0.39 is 0 Å². The second-order valence-electron chi connectivity index (χ2n) is 5.86. The van der Waals surface area contributed by atoms with Crippen LogP contribution >= 0.6 is 0 Å². The highest BCUT2D eigenvalue weighted by molar-refractivity contribution is 5.12. The molecule has 0 saturated heterocycles. The Morgan fingerprint density at radius 2 is 1.20 bits per heavy atom. The van der Waals surface area contributed by atoms with Crippen LogP contribution in [0.1, 0.15) is 66.2 Å². The van der Waals surface area contributed by atoms with Crippen molar-refractivity contribution in [1.29, 1.82) is 0 Å². The lowest BCUT2D eigenvalue weighted by Crippen LogP contribution is -1.81. The van der Waals surface area contributed by atoms with E-state index in [9.17, 15) is 0 Å². The Kier molecular flexibility index (Phi) is 10.8.